The number of urea groups is 1. The number of aliphatic hydroxyl groups is 1. The predicted octanol–water partition coefficient (Wildman–Crippen LogP) is -0.771. The molecule has 1 heterocycles. The second kappa shape index (κ2) is 5.22. The largest absolute Gasteiger partial charge is 0.390 e. The normalized spacial score (nSPS) is 17.0. The predicted molar refractivity (Wildman–Crippen MR) is 49.9 cm³/mol. The molecule has 1 rings (SSSR count). The molecule has 88 valence electrons. The molecule has 15 heavy (non-hydrogen) atoms. The Morgan fingerprint density at radius 3 is 2.87 bits per heavy atom. The van der Waals surface area contributed by atoms with E-state index in [-0.39, 0.29) is 6.03 Å². The molecule has 0 bridgehead atoms. The lowest BCUT2D eigenvalue weighted by Gasteiger charge is -2.17. The first-order chi connectivity index (χ1) is 7.05. The highest BCUT2D eigenvalue weighted by Gasteiger charge is 2.27. The van der Waals surface area contributed by atoms with E-state index in [9.17, 15) is 13.6 Å². The van der Waals surface area contributed by atoms with E-state index in [2.05, 4.69) is 10.6 Å². The van der Waals surface area contributed by atoms with Crippen LogP contribution in [-0.4, -0.2) is 61.3 Å². The zero-order valence-corrected chi connectivity index (χ0v) is 8.30. The summed E-state index contributed by atoms with van der Waals surface area (Å²) in [5.41, 5.74) is 0. The van der Waals surface area contributed by atoms with Crippen molar-refractivity contribution in [3.05, 3.63) is 0 Å². The van der Waals surface area contributed by atoms with Crippen LogP contribution in [0.4, 0.5) is 13.6 Å². The van der Waals surface area contributed by atoms with Gasteiger partial charge in [-0.25, -0.2) is 13.6 Å². The molecule has 0 aromatic carbocycles. The first kappa shape index (κ1) is 12.1. The topological polar surface area (TPSA) is 64.6 Å². The van der Waals surface area contributed by atoms with Gasteiger partial charge in [0.2, 0.25) is 0 Å². The first-order valence-corrected chi connectivity index (χ1v) is 4.77. The number of carbonyl (C=O) groups excluding carboxylic acids is 1. The number of hydrogen-bond donors (Lipinski definition) is 3. The molecule has 0 radical (unpaired) electrons. The van der Waals surface area contributed by atoms with E-state index in [4.69, 9.17) is 5.11 Å². The maximum Gasteiger partial charge on any atom is 0.317 e. The number of alkyl halides is 2. The highest BCUT2D eigenvalue weighted by atomic mass is 19.3. The van der Waals surface area contributed by atoms with E-state index in [0.717, 1.165) is 0 Å². The smallest absolute Gasteiger partial charge is 0.317 e. The summed E-state index contributed by atoms with van der Waals surface area (Å²) >= 11 is 0. The number of nitrogens with one attached hydrogen (secondary N) is 2. The third-order valence-electron chi connectivity index (χ3n) is 2.12. The maximum absolute atomic E-state index is 12.5. The van der Waals surface area contributed by atoms with Crippen LogP contribution >= 0.6 is 0 Å². The summed E-state index contributed by atoms with van der Waals surface area (Å²) in [5.74, 6) is -3.09. The van der Waals surface area contributed by atoms with Gasteiger partial charge in [0, 0.05) is 26.2 Å². The summed E-state index contributed by atoms with van der Waals surface area (Å²) in [7, 11) is 0. The van der Waals surface area contributed by atoms with Crippen molar-refractivity contribution in [2.24, 2.45) is 0 Å². The standard InChI is InChI=1S/C8H15F2N3O2/c9-8(10,6-14)5-11-1-3-13-4-2-12-7(13)15/h11,14H,1-6H2,(H,12,15). The van der Waals surface area contributed by atoms with Gasteiger partial charge in [-0.15, -0.1) is 0 Å². The number of rotatable bonds is 6. The molecule has 7 heteroatoms. The zero-order chi connectivity index (χ0) is 11.3. The summed E-state index contributed by atoms with van der Waals surface area (Å²) in [6.07, 6.45) is 0. The molecule has 0 atom stereocenters. The summed E-state index contributed by atoms with van der Waals surface area (Å²) in [4.78, 5) is 12.6. The third-order valence-corrected chi connectivity index (χ3v) is 2.12. The molecule has 0 unspecified atom stereocenters. The van der Waals surface area contributed by atoms with Gasteiger partial charge in [-0.3, -0.25) is 0 Å². The fraction of sp³-hybridized carbons (Fsp3) is 0.875. The Kier molecular flexibility index (Phi) is 4.22. The molecule has 3 N–H and O–H groups in total. The van der Waals surface area contributed by atoms with Gasteiger partial charge in [0.1, 0.15) is 6.61 Å². The SMILES string of the molecule is O=C1NCCN1CCNCC(F)(F)CO. The van der Waals surface area contributed by atoms with E-state index in [1.807, 2.05) is 0 Å². The van der Waals surface area contributed by atoms with Crippen LogP contribution in [-0.2, 0) is 0 Å². The Hall–Kier alpha value is -0.950. The summed E-state index contributed by atoms with van der Waals surface area (Å²) in [6, 6.07) is -0.161. The van der Waals surface area contributed by atoms with E-state index in [1.165, 1.54) is 0 Å². The minimum absolute atomic E-state index is 0.161. The molecule has 2 amide bonds. The van der Waals surface area contributed by atoms with Crippen molar-refractivity contribution < 1.29 is 18.7 Å². The Balaban J connectivity index is 2.09. The number of halogens is 2. The van der Waals surface area contributed by atoms with E-state index >= 15 is 0 Å². The number of nitrogens with zero attached hydrogens (tertiary/aromatic N) is 1. The van der Waals surface area contributed by atoms with Crippen LogP contribution in [0.25, 0.3) is 0 Å². The van der Waals surface area contributed by atoms with Crippen LogP contribution in [0.15, 0.2) is 0 Å². The van der Waals surface area contributed by atoms with Crippen molar-refractivity contribution in [1.82, 2.24) is 15.5 Å². The van der Waals surface area contributed by atoms with E-state index in [1.54, 1.807) is 4.90 Å². The Morgan fingerprint density at radius 2 is 2.33 bits per heavy atom. The van der Waals surface area contributed by atoms with Crippen molar-refractivity contribution in [1.29, 1.82) is 0 Å². The molecule has 0 saturated carbocycles. The molecular formula is C8H15F2N3O2. The summed E-state index contributed by atoms with van der Waals surface area (Å²) < 4.78 is 25.0. The minimum Gasteiger partial charge on any atom is -0.390 e. The van der Waals surface area contributed by atoms with Crippen LogP contribution in [0, 0.1) is 0 Å². The van der Waals surface area contributed by atoms with Crippen LogP contribution in [0.5, 0.6) is 0 Å². The van der Waals surface area contributed by atoms with Crippen LogP contribution in [0.1, 0.15) is 0 Å². The van der Waals surface area contributed by atoms with Gasteiger partial charge in [0.15, 0.2) is 0 Å². The highest BCUT2D eigenvalue weighted by Crippen LogP contribution is 2.09. The van der Waals surface area contributed by atoms with Crippen molar-refractivity contribution >= 4 is 6.03 Å². The van der Waals surface area contributed by atoms with Gasteiger partial charge in [-0.1, -0.05) is 0 Å². The second-order valence-electron chi connectivity index (χ2n) is 3.41. The molecule has 0 aromatic rings. The lowest BCUT2D eigenvalue weighted by atomic mass is 10.3. The fourth-order valence-corrected chi connectivity index (χ4v) is 1.27. The van der Waals surface area contributed by atoms with Crippen LogP contribution in [0.2, 0.25) is 0 Å². The first-order valence-electron chi connectivity index (χ1n) is 4.77. The van der Waals surface area contributed by atoms with E-state index in [0.29, 0.717) is 26.2 Å². The Labute approximate surface area is 86.4 Å². The highest BCUT2D eigenvalue weighted by molar-refractivity contribution is 5.76. The molecular weight excluding hydrogens is 208 g/mol. The molecule has 0 aliphatic carbocycles. The molecule has 0 aromatic heterocycles. The maximum atomic E-state index is 12.5. The van der Waals surface area contributed by atoms with Crippen LogP contribution < -0.4 is 10.6 Å². The number of aliphatic hydroxyl groups excluding tert-OH is 1. The van der Waals surface area contributed by atoms with E-state index < -0.39 is 19.1 Å². The number of carbonyl (C=O) groups is 1. The average Bonchev–Trinajstić information content (AvgIpc) is 2.59. The number of amides is 2. The van der Waals surface area contributed by atoms with Gasteiger partial charge in [0.25, 0.3) is 5.92 Å². The van der Waals surface area contributed by atoms with Gasteiger partial charge < -0.3 is 20.6 Å². The van der Waals surface area contributed by atoms with Gasteiger partial charge in [-0.05, 0) is 0 Å². The molecule has 1 fully saturated rings. The molecule has 1 aliphatic rings. The third kappa shape index (κ3) is 3.96. The average molecular weight is 223 g/mol. The summed E-state index contributed by atoms with van der Waals surface area (Å²) in [6.45, 7) is 0.169. The van der Waals surface area contributed by atoms with Crippen molar-refractivity contribution in [3.63, 3.8) is 0 Å². The minimum atomic E-state index is -3.09. The molecule has 1 saturated heterocycles. The monoisotopic (exact) mass is 223 g/mol. The molecule has 5 nitrogen and oxygen atoms in total. The van der Waals surface area contributed by atoms with Crippen LogP contribution in [0.3, 0.4) is 0 Å². The fourth-order valence-electron chi connectivity index (χ4n) is 1.27. The number of hydrogen-bond acceptors (Lipinski definition) is 3. The Morgan fingerprint density at radius 1 is 1.60 bits per heavy atom. The van der Waals surface area contributed by atoms with Gasteiger partial charge >= 0.3 is 6.03 Å². The summed E-state index contributed by atoms with van der Waals surface area (Å²) in [5, 5.41) is 13.4. The van der Waals surface area contributed by atoms with Crippen molar-refractivity contribution in [3.8, 4) is 0 Å². The van der Waals surface area contributed by atoms with Gasteiger partial charge in [-0.2, -0.15) is 0 Å². The van der Waals surface area contributed by atoms with Gasteiger partial charge in [0.05, 0.1) is 6.54 Å². The lowest BCUT2D eigenvalue weighted by Crippen LogP contribution is -2.40. The zero-order valence-electron chi connectivity index (χ0n) is 8.30. The lowest BCUT2D eigenvalue weighted by molar-refractivity contribution is -0.0475. The second-order valence-corrected chi connectivity index (χ2v) is 3.41. The Bertz CT molecular complexity index is 226. The van der Waals surface area contributed by atoms with Crippen molar-refractivity contribution in [2.75, 3.05) is 39.3 Å². The molecule has 0 spiro atoms. The quantitative estimate of drug-likeness (QED) is 0.518. The molecule has 1 aliphatic heterocycles. The van der Waals surface area contributed by atoms with Crippen molar-refractivity contribution in [2.45, 2.75) is 5.92 Å².